The number of ether oxygens (including phenoxy) is 1. The van der Waals surface area contributed by atoms with Gasteiger partial charge in [-0.3, -0.25) is 20.0 Å². The molecule has 0 bridgehead atoms. The molecule has 0 atom stereocenters. The number of hydrogen-bond acceptors (Lipinski definition) is 5. The molecule has 108 valence electrons. The first kappa shape index (κ1) is 13.1. The number of aromatic nitrogens is 2. The average molecular weight is 288 g/mol. The molecule has 1 fully saturated rings. The number of non-ortho nitro benzene ring substituents is 1. The second-order valence-electron chi connectivity index (χ2n) is 4.67. The maximum Gasteiger partial charge on any atom is 0.272 e. The summed E-state index contributed by atoms with van der Waals surface area (Å²) in [5.41, 5.74) is 0.468. The van der Waals surface area contributed by atoms with Gasteiger partial charge in [0.1, 0.15) is 17.5 Å². The van der Waals surface area contributed by atoms with Crippen LogP contribution in [0.1, 0.15) is 10.5 Å². The first-order valence-electron chi connectivity index (χ1n) is 6.33. The molecule has 0 unspecified atom stereocenters. The number of nitro groups is 1. The Labute approximate surface area is 119 Å². The van der Waals surface area contributed by atoms with Crippen LogP contribution in [0.25, 0.3) is 0 Å². The Bertz CT molecular complexity index is 647. The topological polar surface area (TPSA) is 101 Å². The predicted molar refractivity (Wildman–Crippen MR) is 72.0 cm³/mol. The van der Waals surface area contributed by atoms with Crippen molar-refractivity contribution in [1.29, 1.82) is 0 Å². The fourth-order valence-corrected chi connectivity index (χ4v) is 2.06. The smallest absolute Gasteiger partial charge is 0.272 e. The SMILES string of the molecule is O=C(c1ccn[nH]1)N1CC(Oc2ccc([N+](=O)[O-])cc2)C1. The monoisotopic (exact) mass is 288 g/mol. The lowest BCUT2D eigenvalue weighted by Gasteiger charge is -2.38. The first-order chi connectivity index (χ1) is 10.1. The zero-order chi connectivity index (χ0) is 14.8. The molecule has 0 radical (unpaired) electrons. The van der Waals surface area contributed by atoms with E-state index in [9.17, 15) is 14.9 Å². The van der Waals surface area contributed by atoms with Crippen LogP contribution in [0.3, 0.4) is 0 Å². The van der Waals surface area contributed by atoms with Gasteiger partial charge in [0.2, 0.25) is 0 Å². The Balaban J connectivity index is 1.53. The molecule has 0 saturated carbocycles. The first-order valence-corrected chi connectivity index (χ1v) is 6.33. The number of rotatable bonds is 4. The van der Waals surface area contributed by atoms with Gasteiger partial charge in [0.25, 0.3) is 11.6 Å². The van der Waals surface area contributed by atoms with E-state index in [-0.39, 0.29) is 17.7 Å². The Hall–Kier alpha value is -2.90. The minimum absolute atomic E-state index is 0.0204. The minimum atomic E-state index is -0.460. The van der Waals surface area contributed by atoms with Gasteiger partial charge in [-0.15, -0.1) is 0 Å². The molecule has 1 aromatic carbocycles. The third kappa shape index (κ3) is 2.69. The Kier molecular flexibility index (Phi) is 3.27. The zero-order valence-electron chi connectivity index (χ0n) is 10.9. The molecular weight excluding hydrogens is 276 g/mol. The van der Waals surface area contributed by atoms with E-state index in [4.69, 9.17) is 4.74 Å². The van der Waals surface area contributed by atoms with Crippen molar-refractivity contribution in [3.63, 3.8) is 0 Å². The third-order valence-corrected chi connectivity index (χ3v) is 3.22. The van der Waals surface area contributed by atoms with Crippen molar-refractivity contribution in [2.24, 2.45) is 0 Å². The summed E-state index contributed by atoms with van der Waals surface area (Å²) in [5, 5.41) is 16.9. The molecule has 8 heteroatoms. The molecular formula is C13H12N4O4. The molecule has 3 rings (SSSR count). The average Bonchev–Trinajstić information content (AvgIpc) is 2.96. The number of carbonyl (C=O) groups is 1. The lowest BCUT2D eigenvalue weighted by atomic mass is 10.1. The number of carbonyl (C=O) groups excluding carboxylic acids is 1. The summed E-state index contributed by atoms with van der Waals surface area (Å²) in [4.78, 5) is 23.7. The van der Waals surface area contributed by atoms with Gasteiger partial charge in [0.15, 0.2) is 0 Å². The quantitative estimate of drug-likeness (QED) is 0.673. The van der Waals surface area contributed by atoms with E-state index >= 15 is 0 Å². The van der Waals surface area contributed by atoms with Crippen molar-refractivity contribution < 1.29 is 14.5 Å². The van der Waals surface area contributed by atoms with Crippen LogP contribution in [0.15, 0.2) is 36.5 Å². The van der Waals surface area contributed by atoms with Crippen LogP contribution in [0.5, 0.6) is 5.75 Å². The standard InChI is InChI=1S/C13H12N4O4/c18-13(12-5-6-14-15-12)16-7-11(8-16)21-10-3-1-9(2-4-10)17(19)20/h1-6,11H,7-8H2,(H,14,15). The van der Waals surface area contributed by atoms with Crippen molar-refractivity contribution in [3.8, 4) is 5.75 Å². The fourth-order valence-electron chi connectivity index (χ4n) is 2.06. The maximum atomic E-state index is 11.9. The van der Waals surface area contributed by atoms with Crippen molar-refractivity contribution in [2.45, 2.75) is 6.10 Å². The van der Waals surface area contributed by atoms with E-state index in [0.717, 1.165) is 0 Å². The highest BCUT2D eigenvalue weighted by molar-refractivity contribution is 5.92. The van der Waals surface area contributed by atoms with E-state index < -0.39 is 4.92 Å². The van der Waals surface area contributed by atoms with Crippen LogP contribution in [0, 0.1) is 10.1 Å². The molecule has 1 aromatic heterocycles. The third-order valence-electron chi connectivity index (χ3n) is 3.22. The Morgan fingerprint density at radius 2 is 2.05 bits per heavy atom. The Morgan fingerprint density at radius 3 is 2.62 bits per heavy atom. The van der Waals surface area contributed by atoms with Crippen LogP contribution >= 0.6 is 0 Å². The van der Waals surface area contributed by atoms with Crippen molar-refractivity contribution in [1.82, 2.24) is 15.1 Å². The maximum absolute atomic E-state index is 11.9. The van der Waals surface area contributed by atoms with Crippen molar-refractivity contribution in [3.05, 3.63) is 52.3 Å². The van der Waals surface area contributed by atoms with Crippen LogP contribution < -0.4 is 4.74 Å². The number of likely N-dealkylation sites (tertiary alicyclic amines) is 1. The van der Waals surface area contributed by atoms with Crippen LogP contribution in [0.2, 0.25) is 0 Å². The summed E-state index contributed by atoms with van der Waals surface area (Å²) in [6, 6.07) is 7.50. The number of aromatic amines is 1. The molecule has 1 amide bonds. The summed E-state index contributed by atoms with van der Waals surface area (Å²) < 4.78 is 5.64. The normalized spacial score (nSPS) is 14.6. The molecule has 1 N–H and O–H groups in total. The molecule has 0 spiro atoms. The summed E-state index contributed by atoms with van der Waals surface area (Å²) >= 11 is 0. The summed E-state index contributed by atoms with van der Waals surface area (Å²) in [7, 11) is 0. The van der Waals surface area contributed by atoms with Crippen molar-refractivity contribution in [2.75, 3.05) is 13.1 Å². The van der Waals surface area contributed by atoms with Gasteiger partial charge in [0, 0.05) is 18.3 Å². The molecule has 2 aromatic rings. The van der Waals surface area contributed by atoms with E-state index in [1.807, 2.05) is 0 Å². The number of nitrogens with one attached hydrogen (secondary N) is 1. The molecule has 2 heterocycles. The van der Waals surface area contributed by atoms with Gasteiger partial charge >= 0.3 is 0 Å². The van der Waals surface area contributed by atoms with E-state index in [0.29, 0.717) is 24.5 Å². The second kappa shape index (κ2) is 5.23. The van der Waals surface area contributed by atoms with E-state index in [2.05, 4.69) is 10.2 Å². The second-order valence-corrected chi connectivity index (χ2v) is 4.67. The Morgan fingerprint density at radius 1 is 1.33 bits per heavy atom. The summed E-state index contributed by atoms with van der Waals surface area (Å²) in [5.74, 6) is 0.440. The highest BCUT2D eigenvalue weighted by Gasteiger charge is 2.33. The molecule has 1 aliphatic rings. The molecule has 21 heavy (non-hydrogen) atoms. The number of hydrogen-bond donors (Lipinski definition) is 1. The van der Waals surface area contributed by atoms with Crippen molar-refractivity contribution >= 4 is 11.6 Å². The van der Waals surface area contributed by atoms with Gasteiger partial charge in [-0.1, -0.05) is 0 Å². The van der Waals surface area contributed by atoms with Gasteiger partial charge in [-0.2, -0.15) is 5.10 Å². The summed E-state index contributed by atoms with van der Waals surface area (Å²) in [6.07, 6.45) is 1.43. The number of benzene rings is 1. The lowest BCUT2D eigenvalue weighted by Crippen LogP contribution is -2.56. The van der Waals surface area contributed by atoms with Crippen LogP contribution in [-0.4, -0.2) is 45.1 Å². The van der Waals surface area contributed by atoms with Crippen LogP contribution in [-0.2, 0) is 0 Å². The highest BCUT2D eigenvalue weighted by atomic mass is 16.6. The number of nitrogens with zero attached hydrogens (tertiary/aromatic N) is 3. The zero-order valence-corrected chi connectivity index (χ0v) is 10.9. The molecule has 8 nitrogen and oxygen atoms in total. The van der Waals surface area contributed by atoms with Crippen LogP contribution in [0.4, 0.5) is 5.69 Å². The lowest BCUT2D eigenvalue weighted by molar-refractivity contribution is -0.384. The minimum Gasteiger partial charge on any atom is -0.487 e. The van der Waals surface area contributed by atoms with Gasteiger partial charge in [0.05, 0.1) is 18.0 Å². The van der Waals surface area contributed by atoms with E-state index in [1.165, 1.54) is 18.3 Å². The number of H-pyrrole nitrogens is 1. The summed E-state index contributed by atoms with van der Waals surface area (Å²) in [6.45, 7) is 0.962. The highest BCUT2D eigenvalue weighted by Crippen LogP contribution is 2.22. The number of amides is 1. The van der Waals surface area contributed by atoms with Gasteiger partial charge in [-0.05, 0) is 18.2 Å². The predicted octanol–water partition coefficient (Wildman–Crippen LogP) is 1.22. The van der Waals surface area contributed by atoms with Gasteiger partial charge < -0.3 is 9.64 Å². The molecule has 1 saturated heterocycles. The molecule has 0 aliphatic carbocycles. The van der Waals surface area contributed by atoms with E-state index in [1.54, 1.807) is 23.1 Å². The largest absolute Gasteiger partial charge is 0.487 e. The number of nitro benzene ring substituents is 1. The van der Waals surface area contributed by atoms with Gasteiger partial charge in [-0.25, -0.2) is 0 Å². The fraction of sp³-hybridized carbons (Fsp3) is 0.231. The molecule has 1 aliphatic heterocycles.